The Hall–Kier alpha value is -8.40. The molecule has 0 aromatic heterocycles. The Labute approximate surface area is 395 Å². The molecule has 0 amide bonds. The first-order valence-corrected chi connectivity index (χ1v) is 21.4. The number of para-hydroxylation sites is 4. The van der Waals surface area contributed by atoms with Crippen molar-refractivity contribution < 1.29 is 0 Å². The second-order valence-electron chi connectivity index (χ2n) is 14.7. The fraction of sp³-hybridized carbons (Fsp3) is 0.0476. The van der Waals surface area contributed by atoms with Crippen LogP contribution in [0.15, 0.2) is 268 Å². The van der Waals surface area contributed by atoms with Gasteiger partial charge < -0.3 is 15.5 Å². The topological polar surface area (TPSA) is 32.5 Å². The number of hydrogen-bond acceptors (Lipinski definition) is 3. The standard InChI is InChI=1S/C26H21N.C20H17N.C8H9N.C7H8.2CH4/c1-4-10-22(11-5-1)16-17-23-18-20-26(21-19-23)27(24-12-6-2-7-13-24)25-14-8-3-9-15-25;1-2-17-13-15-20(16-14-17)21(18-9-5-3-6-10-18)19-11-7-4-8-12-19;1-2-7-3-5-8(9)6-4-7;1-7-5-3-2-4-6-7;;/h1-21H;2-16H,1H2;2-6H,1,9H2;2-6H,1H3;2*1H4/b17-16+;;;;;. The summed E-state index contributed by atoms with van der Waals surface area (Å²) in [5.41, 5.74) is 19.1. The SMILES string of the molecule is C.C.C(=C\c1ccc(N(c2ccccc2)c2ccccc2)cc1)/c1ccccc1.C=Cc1ccc(N(c2ccccc2)c2ccccc2)cc1.C=Cc1ccc(N)cc1.Cc1ccccc1. The van der Waals surface area contributed by atoms with Crippen LogP contribution in [0.2, 0.25) is 0 Å². The Morgan fingerprint density at radius 2 is 0.545 bits per heavy atom. The highest BCUT2D eigenvalue weighted by molar-refractivity contribution is 5.79. The lowest BCUT2D eigenvalue weighted by Gasteiger charge is -2.25. The van der Waals surface area contributed by atoms with Gasteiger partial charge in [0.15, 0.2) is 0 Å². The fourth-order valence-corrected chi connectivity index (χ4v) is 6.62. The molecule has 0 bridgehead atoms. The molecule has 0 heterocycles. The van der Waals surface area contributed by atoms with Gasteiger partial charge in [-0.05, 0) is 114 Å². The van der Waals surface area contributed by atoms with Gasteiger partial charge in [0, 0.05) is 39.8 Å². The van der Waals surface area contributed by atoms with Crippen molar-refractivity contribution in [1.29, 1.82) is 0 Å². The second-order valence-corrected chi connectivity index (χ2v) is 14.7. The maximum atomic E-state index is 5.45. The molecule has 0 aliphatic rings. The maximum absolute atomic E-state index is 5.45. The number of aryl methyl sites for hydroxylation is 1. The van der Waals surface area contributed by atoms with Gasteiger partial charge in [-0.3, -0.25) is 0 Å². The molecule has 0 saturated carbocycles. The molecule has 0 saturated heterocycles. The van der Waals surface area contributed by atoms with E-state index in [4.69, 9.17) is 5.73 Å². The van der Waals surface area contributed by atoms with Crippen LogP contribution in [-0.2, 0) is 0 Å². The van der Waals surface area contributed by atoms with E-state index in [2.05, 4.69) is 224 Å². The van der Waals surface area contributed by atoms with E-state index in [1.165, 1.54) is 16.7 Å². The second kappa shape index (κ2) is 27.6. The van der Waals surface area contributed by atoms with Gasteiger partial charge in [-0.2, -0.15) is 0 Å². The molecule has 9 rings (SSSR count). The molecule has 9 aromatic rings. The lowest BCUT2D eigenvalue weighted by molar-refractivity contribution is 1.28. The normalized spacial score (nSPS) is 9.77. The molecule has 0 spiro atoms. The molecule has 0 aliphatic carbocycles. The van der Waals surface area contributed by atoms with Gasteiger partial charge in [-0.1, -0.05) is 228 Å². The van der Waals surface area contributed by atoms with Crippen LogP contribution in [0.4, 0.5) is 39.8 Å². The van der Waals surface area contributed by atoms with Gasteiger partial charge in [0.2, 0.25) is 0 Å². The molecule has 0 fully saturated rings. The van der Waals surface area contributed by atoms with Gasteiger partial charge in [0.05, 0.1) is 0 Å². The molecule has 2 N–H and O–H groups in total. The van der Waals surface area contributed by atoms with E-state index in [1.54, 1.807) is 6.08 Å². The van der Waals surface area contributed by atoms with Crippen molar-refractivity contribution in [3.8, 4) is 0 Å². The van der Waals surface area contributed by atoms with E-state index < -0.39 is 0 Å². The van der Waals surface area contributed by atoms with Gasteiger partial charge in [0.25, 0.3) is 0 Å². The monoisotopic (exact) mass is 862 g/mol. The maximum Gasteiger partial charge on any atom is 0.0462 e. The minimum atomic E-state index is 0. The van der Waals surface area contributed by atoms with Crippen molar-refractivity contribution in [2.24, 2.45) is 0 Å². The first-order valence-electron chi connectivity index (χ1n) is 21.4. The van der Waals surface area contributed by atoms with E-state index in [1.807, 2.05) is 78.9 Å². The minimum absolute atomic E-state index is 0. The summed E-state index contributed by atoms with van der Waals surface area (Å²) in [4.78, 5) is 4.51. The molecule has 0 radical (unpaired) electrons. The zero-order chi connectivity index (χ0) is 44.6. The number of hydrogen-bond donors (Lipinski definition) is 1. The fourth-order valence-electron chi connectivity index (χ4n) is 6.62. The molecule has 3 nitrogen and oxygen atoms in total. The summed E-state index contributed by atoms with van der Waals surface area (Å²) >= 11 is 0. The molecule has 0 aliphatic heterocycles. The third-order valence-electron chi connectivity index (χ3n) is 9.98. The van der Waals surface area contributed by atoms with Crippen LogP contribution in [0.3, 0.4) is 0 Å². The van der Waals surface area contributed by atoms with Crippen LogP contribution < -0.4 is 15.5 Å². The molecule has 0 atom stereocenters. The number of nitrogens with zero attached hydrogens (tertiary/aromatic N) is 2. The Bertz CT molecular complexity index is 2620. The lowest BCUT2D eigenvalue weighted by Crippen LogP contribution is -2.09. The van der Waals surface area contributed by atoms with Gasteiger partial charge in [0.1, 0.15) is 0 Å². The molecule has 0 unspecified atom stereocenters. The number of rotatable bonds is 10. The summed E-state index contributed by atoms with van der Waals surface area (Å²) in [7, 11) is 0. The highest BCUT2D eigenvalue weighted by Gasteiger charge is 2.12. The quantitative estimate of drug-likeness (QED) is 0.110. The number of nitrogens with two attached hydrogens (primary N) is 1. The van der Waals surface area contributed by atoms with Crippen LogP contribution >= 0.6 is 0 Å². The largest absolute Gasteiger partial charge is 0.399 e. The summed E-state index contributed by atoms with van der Waals surface area (Å²) < 4.78 is 0. The Morgan fingerprint density at radius 1 is 0.303 bits per heavy atom. The molecular weight excluding hydrogens is 799 g/mol. The summed E-state index contributed by atoms with van der Waals surface area (Å²) in [6.07, 6.45) is 7.94. The average molecular weight is 862 g/mol. The van der Waals surface area contributed by atoms with E-state index in [0.717, 1.165) is 50.9 Å². The van der Waals surface area contributed by atoms with Crippen molar-refractivity contribution >= 4 is 64.1 Å². The van der Waals surface area contributed by atoms with Gasteiger partial charge in [-0.15, -0.1) is 0 Å². The predicted molar refractivity (Wildman–Crippen MR) is 293 cm³/mol. The zero-order valence-electron chi connectivity index (χ0n) is 36.4. The van der Waals surface area contributed by atoms with Crippen molar-refractivity contribution in [2.75, 3.05) is 15.5 Å². The smallest absolute Gasteiger partial charge is 0.0462 e. The van der Waals surface area contributed by atoms with Crippen LogP contribution in [0, 0.1) is 6.92 Å². The first-order chi connectivity index (χ1) is 31.5. The summed E-state index contributed by atoms with van der Waals surface area (Å²) in [6.45, 7) is 9.51. The summed E-state index contributed by atoms with van der Waals surface area (Å²) in [5, 5.41) is 0. The van der Waals surface area contributed by atoms with Crippen LogP contribution in [0.25, 0.3) is 24.3 Å². The molecule has 9 aromatic carbocycles. The van der Waals surface area contributed by atoms with Gasteiger partial charge >= 0.3 is 0 Å². The van der Waals surface area contributed by atoms with E-state index in [0.29, 0.717) is 0 Å². The third kappa shape index (κ3) is 15.7. The van der Waals surface area contributed by atoms with E-state index >= 15 is 0 Å². The Morgan fingerprint density at radius 3 is 0.833 bits per heavy atom. The van der Waals surface area contributed by atoms with Crippen LogP contribution in [0.5, 0.6) is 0 Å². The van der Waals surface area contributed by atoms with Crippen LogP contribution in [0.1, 0.15) is 42.7 Å². The number of anilines is 7. The molecule has 3 heteroatoms. The lowest BCUT2D eigenvalue weighted by atomic mass is 10.1. The van der Waals surface area contributed by atoms with Crippen molar-refractivity contribution in [1.82, 2.24) is 0 Å². The molecule has 66 heavy (non-hydrogen) atoms. The number of benzene rings is 9. The first kappa shape index (κ1) is 50.2. The van der Waals surface area contributed by atoms with Crippen molar-refractivity contribution in [3.05, 3.63) is 296 Å². The van der Waals surface area contributed by atoms with Crippen molar-refractivity contribution in [3.63, 3.8) is 0 Å². The Kier molecular flexibility index (Phi) is 21.0. The van der Waals surface area contributed by atoms with Crippen molar-refractivity contribution in [2.45, 2.75) is 21.8 Å². The zero-order valence-corrected chi connectivity index (χ0v) is 36.4. The Balaban J connectivity index is 0.000000215. The van der Waals surface area contributed by atoms with Gasteiger partial charge in [-0.25, -0.2) is 0 Å². The van der Waals surface area contributed by atoms with Crippen LogP contribution in [-0.4, -0.2) is 0 Å². The number of nitrogen functional groups attached to an aromatic ring is 1. The van der Waals surface area contributed by atoms with E-state index in [-0.39, 0.29) is 14.9 Å². The summed E-state index contributed by atoms with van der Waals surface area (Å²) in [5.74, 6) is 0. The molecule has 330 valence electrons. The summed E-state index contributed by atoms with van der Waals surface area (Å²) in [6, 6.07) is 87.0. The van der Waals surface area contributed by atoms with E-state index in [9.17, 15) is 0 Å². The molecular formula is C63H63N3. The highest BCUT2D eigenvalue weighted by Crippen LogP contribution is 2.35. The average Bonchev–Trinajstić information content (AvgIpc) is 3.37. The minimum Gasteiger partial charge on any atom is -0.399 e. The third-order valence-corrected chi connectivity index (χ3v) is 9.98. The predicted octanol–water partition coefficient (Wildman–Crippen LogP) is 18.3. The highest BCUT2D eigenvalue weighted by atomic mass is 15.1.